The third kappa shape index (κ3) is 4.68. The average Bonchev–Trinajstić information content (AvgIpc) is 3.55. The Balaban J connectivity index is 1.23. The molecule has 9 heteroatoms. The Bertz CT molecular complexity index is 1490. The van der Waals surface area contributed by atoms with E-state index in [-0.39, 0.29) is 18.6 Å². The van der Waals surface area contributed by atoms with Crippen LogP contribution in [0.3, 0.4) is 0 Å². The molecule has 1 aliphatic heterocycles. The SMILES string of the molecule is C#CC1(NC(=O)C2(NC(=O)c3cc4ccc(-c5ccc(C6(N)COC6)cc5)cc4o3)CCC(F)(F)CC2)CC1. The number of benzene rings is 2. The molecule has 0 unspecified atom stereocenters. The van der Waals surface area contributed by atoms with Gasteiger partial charge in [-0.2, -0.15) is 0 Å². The van der Waals surface area contributed by atoms with Gasteiger partial charge in [-0.05, 0) is 54.5 Å². The molecule has 3 fully saturated rings. The predicted molar refractivity (Wildman–Crippen MR) is 141 cm³/mol. The zero-order valence-electron chi connectivity index (χ0n) is 21.3. The summed E-state index contributed by atoms with van der Waals surface area (Å²) in [5, 5.41) is 6.24. The summed E-state index contributed by atoms with van der Waals surface area (Å²) in [5.41, 5.74) is 6.94. The molecule has 2 saturated carbocycles. The maximum atomic E-state index is 14.0. The number of ether oxygens (including phenoxy) is 1. The van der Waals surface area contributed by atoms with E-state index in [9.17, 15) is 18.4 Å². The molecule has 202 valence electrons. The highest BCUT2D eigenvalue weighted by Gasteiger charge is 2.52. The van der Waals surface area contributed by atoms with Crippen molar-refractivity contribution in [3.8, 4) is 23.5 Å². The standard InChI is InChI=1S/C30H29F2N3O4/c1-2-27(9-10-27)35-26(37)29(11-13-30(31,32)14-12-29)34-25(36)24-16-21-4-3-20(15-23(21)39-24)19-5-7-22(8-6-19)28(33)17-38-18-28/h1,3-8,15-16H,9-14,17-18,33H2,(H,34,36)(H,35,37). The molecular weight excluding hydrogens is 504 g/mol. The lowest BCUT2D eigenvalue weighted by molar-refractivity contribution is -0.133. The maximum absolute atomic E-state index is 14.0. The van der Waals surface area contributed by atoms with E-state index >= 15 is 0 Å². The summed E-state index contributed by atoms with van der Waals surface area (Å²) in [6.45, 7) is 0.984. The number of rotatable bonds is 6. The number of halogens is 2. The zero-order chi connectivity index (χ0) is 27.5. The van der Waals surface area contributed by atoms with Crippen molar-refractivity contribution in [2.75, 3.05) is 13.2 Å². The molecular formula is C30H29F2N3O4. The van der Waals surface area contributed by atoms with Gasteiger partial charge in [0.05, 0.1) is 18.8 Å². The van der Waals surface area contributed by atoms with Crippen molar-refractivity contribution in [2.24, 2.45) is 5.73 Å². The maximum Gasteiger partial charge on any atom is 0.287 e. The predicted octanol–water partition coefficient (Wildman–Crippen LogP) is 4.24. The van der Waals surface area contributed by atoms with E-state index < -0.39 is 47.2 Å². The van der Waals surface area contributed by atoms with Gasteiger partial charge in [0.15, 0.2) is 5.76 Å². The topological polar surface area (TPSA) is 107 Å². The molecule has 1 saturated heterocycles. The summed E-state index contributed by atoms with van der Waals surface area (Å²) >= 11 is 0. The molecule has 39 heavy (non-hydrogen) atoms. The Hall–Kier alpha value is -3.74. The molecule has 3 aromatic rings. The van der Waals surface area contributed by atoms with Crippen LogP contribution in [0.1, 0.15) is 54.6 Å². The molecule has 0 bridgehead atoms. The molecule has 0 radical (unpaired) electrons. The van der Waals surface area contributed by atoms with E-state index in [4.69, 9.17) is 21.3 Å². The number of nitrogens with two attached hydrogens (primary N) is 1. The third-order valence-corrected chi connectivity index (χ3v) is 8.26. The third-order valence-electron chi connectivity index (χ3n) is 8.26. The number of terminal acetylenes is 1. The number of hydrogen-bond donors (Lipinski definition) is 3. The molecule has 4 N–H and O–H groups in total. The number of alkyl halides is 2. The molecule has 2 aromatic carbocycles. The second-order valence-corrected chi connectivity index (χ2v) is 11.2. The molecule has 2 heterocycles. The van der Waals surface area contributed by atoms with Crippen molar-refractivity contribution in [3.63, 3.8) is 0 Å². The highest BCUT2D eigenvalue weighted by Crippen LogP contribution is 2.41. The smallest absolute Gasteiger partial charge is 0.287 e. The minimum Gasteiger partial charge on any atom is -0.451 e. The van der Waals surface area contributed by atoms with Gasteiger partial charge in [-0.1, -0.05) is 42.3 Å². The number of hydrogen-bond acceptors (Lipinski definition) is 5. The summed E-state index contributed by atoms with van der Waals surface area (Å²) in [7, 11) is 0. The summed E-state index contributed by atoms with van der Waals surface area (Å²) in [4.78, 5) is 26.6. The van der Waals surface area contributed by atoms with Crippen LogP contribution < -0.4 is 16.4 Å². The van der Waals surface area contributed by atoms with Crippen molar-refractivity contribution in [2.45, 2.75) is 61.1 Å². The zero-order valence-corrected chi connectivity index (χ0v) is 21.3. The Morgan fingerprint density at radius 2 is 1.56 bits per heavy atom. The minimum absolute atomic E-state index is 0.00449. The van der Waals surface area contributed by atoms with E-state index in [1.54, 1.807) is 6.07 Å². The minimum atomic E-state index is -2.89. The van der Waals surface area contributed by atoms with Gasteiger partial charge in [-0.15, -0.1) is 6.42 Å². The van der Waals surface area contributed by atoms with E-state index in [2.05, 4.69) is 16.6 Å². The van der Waals surface area contributed by atoms with Crippen LogP contribution in [0.25, 0.3) is 22.1 Å². The van der Waals surface area contributed by atoms with Gasteiger partial charge in [0.25, 0.3) is 5.91 Å². The molecule has 3 aliphatic rings. The summed E-state index contributed by atoms with van der Waals surface area (Å²) in [5.74, 6) is -1.49. The molecule has 1 aromatic heterocycles. The summed E-state index contributed by atoms with van der Waals surface area (Å²) in [6.07, 6.45) is 5.38. The van der Waals surface area contributed by atoms with Crippen LogP contribution in [0.15, 0.2) is 52.9 Å². The van der Waals surface area contributed by atoms with Crippen molar-refractivity contribution < 1.29 is 27.5 Å². The lowest BCUT2D eigenvalue weighted by atomic mass is 9.78. The second-order valence-electron chi connectivity index (χ2n) is 11.2. The van der Waals surface area contributed by atoms with Gasteiger partial charge < -0.3 is 25.5 Å². The van der Waals surface area contributed by atoms with Crippen LogP contribution in [0.4, 0.5) is 8.78 Å². The monoisotopic (exact) mass is 533 g/mol. The van der Waals surface area contributed by atoms with Crippen LogP contribution >= 0.6 is 0 Å². The van der Waals surface area contributed by atoms with Gasteiger partial charge in [-0.25, -0.2) is 8.78 Å². The Morgan fingerprint density at radius 1 is 0.897 bits per heavy atom. The van der Waals surface area contributed by atoms with Crippen molar-refractivity contribution in [1.82, 2.24) is 10.6 Å². The normalized spacial score (nSPS) is 21.8. The number of nitrogens with one attached hydrogen (secondary N) is 2. The van der Waals surface area contributed by atoms with E-state index in [0.717, 1.165) is 16.7 Å². The van der Waals surface area contributed by atoms with E-state index in [1.165, 1.54) is 0 Å². The fourth-order valence-electron chi connectivity index (χ4n) is 5.30. The molecule has 0 spiro atoms. The van der Waals surface area contributed by atoms with Gasteiger partial charge in [0, 0.05) is 18.2 Å². The first-order chi connectivity index (χ1) is 18.5. The lowest BCUT2D eigenvalue weighted by Crippen LogP contribution is -2.62. The van der Waals surface area contributed by atoms with Gasteiger partial charge in [0.1, 0.15) is 16.7 Å². The molecule has 0 atom stereocenters. The van der Waals surface area contributed by atoms with Gasteiger partial charge >= 0.3 is 0 Å². The van der Waals surface area contributed by atoms with Crippen LogP contribution in [0, 0.1) is 12.3 Å². The number of fused-ring (bicyclic) bond motifs is 1. The fourth-order valence-corrected chi connectivity index (χ4v) is 5.30. The van der Waals surface area contributed by atoms with Crippen LogP contribution in [0.5, 0.6) is 0 Å². The first-order valence-corrected chi connectivity index (χ1v) is 13.1. The average molecular weight is 534 g/mol. The van der Waals surface area contributed by atoms with Crippen LogP contribution in [-0.2, 0) is 15.1 Å². The van der Waals surface area contributed by atoms with Crippen molar-refractivity contribution in [3.05, 3.63) is 59.9 Å². The number of carbonyl (C=O) groups excluding carboxylic acids is 2. The largest absolute Gasteiger partial charge is 0.451 e. The Kier molecular flexibility index (Phi) is 5.83. The molecule has 2 aliphatic carbocycles. The van der Waals surface area contributed by atoms with Gasteiger partial charge in [0.2, 0.25) is 11.8 Å². The van der Waals surface area contributed by atoms with Crippen molar-refractivity contribution in [1.29, 1.82) is 0 Å². The molecule has 7 nitrogen and oxygen atoms in total. The van der Waals surface area contributed by atoms with Crippen molar-refractivity contribution >= 4 is 22.8 Å². The highest BCUT2D eigenvalue weighted by atomic mass is 19.3. The Morgan fingerprint density at radius 3 is 2.15 bits per heavy atom. The number of furan rings is 1. The first kappa shape index (κ1) is 25.5. The van der Waals surface area contributed by atoms with Gasteiger partial charge in [-0.3, -0.25) is 9.59 Å². The fraction of sp³-hybridized carbons (Fsp3) is 0.400. The van der Waals surface area contributed by atoms with Crippen LogP contribution in [-0.4, -0.2) is 42.0 Å². The van der Waals surface area contributed by atoms with Crippen LogP contribution in [0.2, 0.25) is 0 Å². The quantitative estimate of drug-likeness (QED) is 0.411. The molecule has 6 rings (SSSR count). The van der Waals surface area contributed by atoms with E-state index in [0.29, 0.717) is 37.0 Å². The highest BCUT2D eigenvalue weighted by molar-refractivity contribution is 6.00. The number of carbonyl (C=O) groups is 2. The summed E-state index contributed by atoms with van der Waals surface area (Å²) < 4.78 is 39.1. The number of amides is 2. The Labute approximate surface area is 224 Å². The second kappa shape index (κ2) is 8.90. The van der Waals surface area contributed by atoms with E-state index in [1.807, 2.05) is 42.5 Å². The molecule has 2 amide bonds. The summed E-state index contributed by atoms with van der Waals surface area (Å²) in [6, 6.07) is 15.1. The first-order valence-electron chi connectivity index (χ1n) is 13.1. The lowest BCUT2D eigenvalue weighted by Gasteiger charge is -2.39.